The van der Waals surface area contributed by atoms with Gasteiger partial charge < -0.3 is 14.8 Å². The Morgan fingerprint density at radius 2 is 1.88 bits per heavy atom. The number of amides is 1. The van der Waals surface area contributed by atoms with Gasteiger partial charge in [-0.15, -0.1) is 22.6 Å². The molecule has 4 rings (SSSR count). The van der Waals surface area contributed by atoms with Crippen LogP contribution in [0, 0.1) is 6.92 Å². The SMILES string of the molecule is Cc1ccc(CC(=O)N2CCC(c3nnc4n3CCNC4)CC2)cc1.Cl. The van der Waals surface area contributed by atoms with Crippen molar-refractivity contribution in [2.45, 2.75) is 45.2 Å². The van der Waals surface area contributed by atoms with Gasteiger partial charge in [0, 0.05) is 32.1 Å². The minimum Gasteiger partial charge on any atom is -0.342 e. The summed E-state index contributed by atoms with van der Waals surface area (Å²) in [4.78, 5) is 14.6. The lowest BCUT2D eigenvalue weighted by atomic mass is 9.95. The Labute approximate surface area is 160 Å². The molecule has 1 N–H and O–H groups in total. The van der Waals surface area contributed by atoms with E-state index in [1.807, 2.05) is 4.90 Å². The molecule has 0 saturated carbocycles. The third-order valence-corrected chi connectivity index (χ3v) is 5.34. The minimum atomic E-state index is 0. The van der Waals surface area contributed by atoms with Crippen molar-refractivity contribution in [2.24, 2.45) is 0 Å². The molecule has 3 heterocycles. The molecule has 1 fully saturated rings. The first kappa shape index (κ1) is 18.9. The highest BCUT2D eigenvalue weighted by atomic mass is 35.5. The van der Waals surface area contributed by atoms with Gasteiger partial charge in [0.15, 0.2) is 0 Å². The van der Waals surface area contributed by atoms with Crippen LogP contribution in [0.4, 0.5) is 0 Å². The zero-order valence-electron chi connectivity index (χ0n) is 15.1. The number of halogens is 1. The van der Waals surface area contributed by atoms with Crippen LogP contribution in [0.15, 0.2) is 24.3 Å². The molecular weight excluding hydrogens is 350 g/mol. The number of fused-ring (bicyclic) bond motifs is 1. The average molecular weight is 376 g/mol. The van der Waals surface area contributed by atoms with Crippen molar-refractivity contribution in [1.29, 1.82) is 0 Å². The number of carbonyl (C=O) groups is 1. The van der Waals surface area contributed by atoms with E-state index in [0.29, 0.717) is 12.3 Å². The fraction of sp³-hybridized carbons (Fsp3) is 0.526. The highest BCUT2D eigenvalue weighted by molar-refractivity contribution is 5.85. The molecular formula is C19H26ClN5O. The van der Waals surface area contributed by atoms with E-state index in [2.05, 4.69) is 51.3 Å². The van der Waals surface area contributed by atoms with E-state index in [1.165, 1.54) is 5.56 Å². The van der Waals surface area contributed by atoms with Gasteiger partial charge in [-0.2, -0.15) is 0 Å². The van der Waals surface area contributed by atoms with E-state index >= 15 is 0 Å². The number of aromatic nitrogens is 3. The molecule has 1 aromatic carbocycles. The smallest absolute Gasteiger partial charge is 0.226 e. The van der Waals surface area contributed by atoms with Crippen LogP contribution in [0.2, 0.25) is 0 Å². The summed E-state index contributed by atoms with van der Waals surface area (Å²) in [5.74, 6) is 2.80. The molecule has 1 saturated heterocycles. The number of benzene rings is 1. The Balaban J connectivity index is 0.00000196. The van der Waals surface area contributed by atoms with E-state index < -0.39 is 0 Å². The average Bonchev–Trinajstić information content (AvgIpc) is 3.08. The second-order valence-electron chi connectivity index (χ2n) is 7.12. The second-order valence-corrected chi connectivity index (χ2v) is 7.12. The van der Waals surface area contributed by atoms with E-state index in [9.17, 15) is 4.79 Å². The summed E-state index contributed by atoms with van der Waals surface area (Å²) in [6.45, 7) is 6.43. The molecule has 140 valence electrons. The molecule has 0 spiro atoms. The summed E-state index contributed by atoms with van der Waals surface area (Å²) in [5.41, 5.74) is 2.32. The topological polar surface area (TPSA) is 63.1 Å². The normalized spacial score (nSPS) is 17.5. The lowest BCUT2D eigenvalue weighted by Gasteiger charge is -2.32. The standard InChI is InChI=1S/C19H25N5O.ClH/c1-14-2-4-15(5-3-14)12-18(25)23-9-6-16(7-10-23)19-22-21-17-13-20-8-11-24(17)19;/h2-5,16,20H,6-13H2,1H3;1H. The molecule has 1 aromatic heterocycles. The molecule has 0 bridgehead atoms. The van der Waals surface area contributed by atoms with Crippen molar-refractivity contribution < 1.29 is 4.79 Å². The molecule has 2 aromatic rings. The Hall–Kier alpha value is -1.92. The van der Waals surface area contributed by atoms with Crippen LogP contribution in [-0.4, -0.2) is 45.2 Å². The van der Waals surface area contributed by atoms with Gasteiger partial charge in [0.2, 0.25) is 5.91 Å². The maximum Gasteiger partial charge on any atom is 0.226 e. The van der Waals surface area contributed by atoms with Gasteiger partial charge in [-0.3, -0.25) is 4.79 Å². The van der Waals surface area contributed by atoms with Crippen LogP contribution in [0.25, 0.3) is 0 Å². The maximum atomic E-state index is 12.6. The Morgan fingerprint density at radius 1 is 1.15 bits per heavy atom. The number of rotatable bonds is 3. The van der Waals surface area contributed by atoms with Crippen LogP contribution in [0.3, 0.4) is 0 Å². The predicted octanol–water partition coefficient (Wildman–Crippen LogP) is 2.06. The third-order valence-electron chi connectivity index (χ3n) is 5.34. The number of hydrogen-bond donors (Lipinski definition) is 1. The van der Waals surface area contributed by atoms with Crippen molar-refractivity contribution >= 4 is 18.3 Å². The third kappa shape index (κ3) is 3.91. The highest BCUT2D eigenvalue weighted by Gasteiger charge is 2.28. The van der Waals surface area contributed by atoms with Crippen molar-refractivity contribution in [3.05, 3.63) is 47.0 Å². The lowest BCUT2D eigenvalue weighted by molar-refractivity contribution is -0.131. The first-order chi connectivity index (χ1) is 12.2. The number of piperidine rings is 1. The summed E-state index contributed by atoms with van der Waals surface area (Å²) in [6, 6.07) is 8.24. The van der Waals surface area contributed by atoms with Crippen LogP contribution < -0.4 is 5.32 Å². The van der Waals surface area contributed by atoms with Crippen LogP contribution in [0.5, 0.6) is 0 Å². The van der Waals surface area contributed by atoms with Gasteiger partial charge in [-0.25, -0.2) is 0 Å². The van der Waals surface area contributed by atoms with Crippen LogP contribution in [0.1, 0.15) is 41.5 Å². The fourth-order valence-electron chi connectivity index (χ4n) is 3.80. The number of carbonyl (C=O) groups excluding carboxylic acids is 1. The van der Waals surface area contributed by atoms with E-state index in [0.717, 1.165) is 62.8 Å². The van der Waals surface area contributed by atoms with E-state index in [4.69, 9.17) is 0 Å². The van der Waals surface area contributed by atoms with Gasteiger partial charge in [0.25, 0.3) is 0 Å². The van der Waals surface area contributed by atoms with Gasteiger partial charge in [0.05, 0.1) is 13.0 Å². The Bertz CT molecular complexity index is 750. The molecule has 2 aliphatic rings. The molecule has 2 aliphatic heterocycles. The molecule has 6 nitrogen and oxygen atoms in total. The van der Waals surface area contributed by atoms with Crippen LogP contribution >= 0.6 is 12.4 Å². The molecule has 7 heteroatoms. The number of nitrogens with zero attached hydrogens (tertiary/aromatic N) is 4. The monoisotopic (exact) mass is 375 g/mol. The number of aryl methyl sites for hydroxylation is 1. The van der Waals surface area contributed by atoms with Gasteiger partial charge in [-0.05, 0) is 25.3 Å². The Kier molecular flexibility index (Phi) is 5.94. The van der Waals surface area contributed by atoms with E-state index in [1.54, 1.807) is 0 Å². The summed E-state index contributed by atoms with van der Waals surface area (Å²) < 4.78 is 2.27. The van der Waals surface area contributed by atoms with Crippen molar-refractivity contribution in [1.82, 2.24) is 25.0 Å². The Morgan fingerprint density at radius 3 is 2.62 bits per heavy atom. The van der Waals surface area contributed by atoms with Crippen LogP contribution in [-0.2, 0) is 24.3 Å². The number of hydrogen-bond acceptors (Lipinski definition) is 4. The molecule has 1 amide bonds. The quantitative estimate of drug-likeness (QED) is 0.891. The molecule has 0 aliphatic carbocycles. The molecule has 0 unspecified atom stereocenters. The van der Waals surface area contributed by atoms with Gasteiger partial charge >= 0.3 is 0 Å². The summed E-state index contributed by atoms with van der Waals surface area (Å²) in [7, 11) is 0. The zero-order valence-corrected chi connectivity index (χ0v) is 16.0. The summed E-state index contributed by atoms with van der Waals surface area (Å²) >= 11 is 0. The molecule has 0 atom stereocenters. The van der Waals surface area contributed by atoms with Crippen molar-refractivity contribution in [2.75, 3.05) is 19.6 Å². The zero-order chi connectivity index (χ0) is 17.2. The lowest BCUT2D eigenvalue weighted by Crippen LogP contribution is -2.39. The fourth-order valence-corrected chi connectivity index (χ4v) is 3.80. The number of nitrogens with one attached hydrogen (secondary N) is 1. The van der Waals surface area contributed by atoms with Gasteiger partial charge in [0.1, 0.15) is 11.6 Å². The summed E-state index contributed by atoms with van der Waals surface area (Å²) in [6.07, 6.45) is 2.45. The highest BCUT2D eigenvalue weighted by Crippen LogP contribution is 2.28. The summed E-state index contributed by atoms with van der Waals surface area (Å²) in [5, 5.41) is 12.1. The van der Waals surface area contributed by atoms with Crippen molar-refractivity contribution in [3.63, 3.8) is 0 Å². The van der Waals surface area contributed by atoms with Gasteiger partial charge in [-0.1, -0.05) is 29.8 Å². The minimum absolute atomic E-state index is 0. The largest absolute Gasteiger partial charge is 0.342 e. The second kappa shape index (κ2) is 8.18. The number of likely N-dealkylation sites (tertiary alicyclic amines) is 1. The van der Waals surface area contributed by atoms with E-state index in [-0.39, 0.29) is 18.3 Å². The first-order valence-electron chi connectivity index (χ1n) is 9.17. The first-order valence-corrected chi connectivity index (χ1v) is 9.17. The maximum absolute atomic E-state index is 12.6. The molecule has 26 heavy (non-hydrogen) atoms. The predicted molar refractivity (Wildman–Crippen MR) is 102 cm³/mol. The van der Waals surface area contributed by atoms with Crippen molar-refractivity contribution in [3.8, 4) is 0 Å². The molecule has 0 radical (unpaired) electrons.